The Bertz CT molecular complexity index is 860. The average molecular weight is 333 g/mol. The van der Waals surface area contributed by atoms with Gasteiger partial charge in [0, 0.05) is 4.88 Å². The van der Waals surface area contributed by atoms with E-state index in [1.54, 1.807) is 17.5 Å². The second kappa shape index (κ2) is 6.17. The van der Waals surface area contributed by atoms with Gasteiger partial charge in [0.15, 0.2) is 0 Å². The van der Waals surface area contributed by atoms with Gasteiger partial charge >= 0.3 is 5.97 Å². The number of H-pyrrole nitrogens is 1. The summed E-state index contributed by atoms with van der Waals surface area (Å²) in [7, 11) is 0. The number of nitrogens with zero attached hydrogens (tertiary/aromatic N) is 1. The second-order valence-electron chi connectivity index (χ2n) is 4.89. The number of aromatic amines is 1. The van der Waals surface area contributed by atoms with Gasteiger partial charge in [-0.1, -0.05) is 6.07 Å². The van der Waals surface area contributed by atoms with Crippen LogP contribution in [0.4, 0.5) is 4.39 Å². The highest BCUT2D eigenvalue weighted by molar-refractivity contribution is 7.10. The summed E-state index contributed by atoms with van der Waals surface area (Å²) in [4.78, 5) is 31.0. The number of benzene rings is 1. The molecule has 23 heavy (non-hydrogen) atoms. The zero-order valence-electron chi connectivity index (χ0n) is 11.7. The van der Waals surface area contributed by atoms with Crippen LogP contribution in [0.25, 0.3) is 11.0 Å². The van der Waals surface area contributed by atoms with Crippen molar-refractivity contribution in [3.63, 3.8) is 0 Å². The molecule has 1 aromatic carbocycles. The Morgan fingerprint density at radius 3 is 2.96 bits per heavy atom. The molecule has 0 saturated carbocycles. The molecule has 3 rings (SSSR count). The molecule has 0 aliphatic heterocycles. The van der Waals surface area contributed by atoms with E-state index < -0.39 is 23.7 Å². The number of rotatable bonds is 5. The number of fused-ring (bicyclic) bond motifs is 1. The first kappa shape index (κ1) is 15.2. The molecule has 8 heteroatoms. The van der Waals surface area contributed by atoms with Crippen molar-refractivity contribution < 1.29 is 19.1 Å². The lowest BCUT2D eigenvalue weighted by molar-refractivity contribution is -0.137. The van der Waals surface area contributed by atoms with Gasteiger partial charge in [0.05, 0.1) is 29.9 Å². The zero-order valence-corrected chi connectivity index (χ0v) is 12.6. The highest BCUT2D eigenvalue weighted by atomic mass is 32.1. The number of thiophene rings is 1. The fourth-order valence-corrected chi connectivity index (χ4v) is 3.09. The highest BCUT2D eigenvalue weighted by Gasteiger charge is 2.22. The van der Waals surface area contributed by atoms with Gasteiger partial charge in [0.25, 0.3) is 5.91 Å². The van der Waals surface area contributed by atoms with Gasteiger partial charge in [-0.2, -0.15) is 0 Å². The second-order valence-corrected chi connectivity index (χ2v) is 5.87. The summed E-state index contributed by atoms with van der Waals surface area (Å²) in [5.74, 6) is -2.17. The monoisotopic (exact) mass is 333 g/mol. The number of amides is 1. The van der Waals surface area contributed by atoms with E-state index in [1.165, 1.54) is 23.7 Å². The fraction of sp³-hybridized carbons (Fsp3) is 0.133. The quantitative estimate of drug-likeness (QED) is 0.669. The van der Waals surface area contributed by atoms with Crippen LogP contribution in [0.15, 0.2) is 36.0 Å². The zero-order chi connectivity index (χ0) is 16.4. The standard InChI is InChI=1S/C15H12FN3O3S/c16-8-4-9(14-11(5-8)17-7-18-14)15(22)19-10(6-13(20)21)12-2-1-3-23-12/h1-5,7,10H,6H2,(H,17,18)(H,19,22)(H,20,21). The topological polar surface area (TPSA) is 95.1 Å². The lowest BCUT2D eigenvalue weighted by Gasteiger charge is -2.15. The SMILES string of the molecule is O=C(O)CC(NC(=O)c1cc(F)cc2[nH]cnc12)c1cccs1. The summed E-state index contributed by atoms with van der Waals surface area (Å²) in [6, 6.07) is 5.17. The molecule has 3 N–H and O–H groups in total. The van der Waals surface area contributed by atoms with Crippen molar-refractivity contribution in [1.29, 1.82) is 0 Å². The van der Waals surface area contributed by atoms with E-state index in [0.29, 0.717) is 11.0 Å². The maximum Gasteiger partial charge on any atom is 0.305 e. The first-order valence-electron chi connectivity index (χ1n) is 6.73. The van der Waals surface area contributed by atoms with Crippen LogP contribution in [0, 0.1) is 5.82 Å². The van der Waals surface area contributed by atoms with Gasteiger partial charge in [-0.25, -0.2) is 9.37 Å². The Kier molecular flexibility index (Phi) is 4.07. The van der Waals surface area contributed by atoms with E-state index in [1.807, 2.05) is 0 Å². The number of carboxylic acids is 1. The van der Waals surface area contributed by atoms with E-state index in [0.717, 1.165) is 10.9 Å². The van der Waals surface area contributed by atoms with Crippen LogP contribution in [0.3, 0.4) is 0 Å². The van der Waals surface area contributed by atoms with Gasteiger partial charge in [0.2, 0.25) is 0 Å². The molecule has 0 aliphatic carbocycles. The summed E-state index contributed by atoms with van der Waals surface area (Å²) in [5.41, 5.74) is 0.804. The van der Waals surface area contributed by atoms with E-state index >= 15 is 0 Å². The summed E-state index contributed by atoms with van der Waals surface area (Å²) in [5, 5.41) is 13.5. The molecule has 6 nitrogen and oxygen atoms in total. The van der Waals surface area contributed by atoms with Crippen LogP contribution in [-0.2, 0) is 4.79 Å². The first-order chi connectivity index (χ1) is 11.0. The third-order valence-electron chi connectivity index (χ3n) is 3.30. The smallest absolute Gasteiger partial charge is 0.305 e. The fourth-order valence-electron chi connectivity index (χ4n) is 2.31. The van der Waals surface area contributed by atoms with Crippen LogP contribution in [-0.4, -0.2) is 27.0 Å². The number of aromatic nitrogens is 2. The molecule has 118 valence electrons. The molecule has 2 aromatic heterocycles. The van der Waals surface area contributed by atoms with Crippen molar-refractivity contribution in [2.75, 3.05) is 0 Å². The van der Waals surface area contributed by atoms with Gasteiger partial charge < -0.3 is 15.4 Å². The third-order valence-corrected chi connectivity index (χ3v) is 4.29. The summed E-state index contributed by atoms with van der Waals surface area (Å²) in [6.45, 7) is 0. The van der Waals surface area contributed by atoms with E-state index in [4.69, 9.17) is 5.11 Å². The summed E-state index contributed by atoms with van der Waals surface area (Å²) in [6.07, 6.45) is 1.11. The number of carboxylic acid groups (broad SMARTS) is 1. The number of aliphatic carboxylic acids is 1. The number of hydrogen-bond acceptors (Lipinski definition) is 4. The average Bonchev–Trinajstić information content (AvgIpc) is 3.16. The van der Waals surface area contributed by atoms with Crippen molar-refractivity contribution in [3.8, 4) is 0 Å². The summed E-state index contributed by atoms with van der Waals surface area (Å²) < 4.78 is 13.6. The van der Waals surface area contributed by atoms with Crippen molar-refractivity contribution in [2.24, 2.45) is 0 Å². The number of carbonyl (C=O) groups excluding carboxylic acids is 1. The van der Waals surface area contributed by atoms with Gasteiger partial charge in [0.1, 0.15) is 11.3 Å². The molecule has 1 atom stereocenters. The predicted octanol–water partition coefficient (Wildman–Crippen LogP) is 2.71. The Morgan fingerprint density at radius 2 is 2.26 bits per heavy atom. The molecule has 0 spiro atoms. The maximum atomic E-state index is 13.6. The molecular weight excluding hydrogens is 321 g/mol. The number of nitrogens with one attached hydrogen (secondary N) is 2. The Balaban J connectivity index is 1.91. The van der Waals surface area contributed by atoms with E-state index in [2.05, 4.69) is 15.3 Å². The molecule has 0 fully saturated rings. The van der Waals surface area contributed by atoms with Crippen molar-refractivity contribution in [2.45, 2.75) is 12.5 Å². The van der Waals surface area contributed by atoms with Crippen molar-refractivity contribution in [1.82, 2.24) is 15.3 Å². The molecule has 1 amide bonds. The van der Waals surface area contributed by atoms with Crippen LogP contribution < -0.4 is 5.32 Å². The minimum Gasteiger partial charge on any atom is -0.481 e. The minimum atomic E-state index is -1.03. The van der Waals surface area contributed by atoms with Crippen molar-refractivity contribution in [3.05, 3.63) is 52.2 Å². The van der Waals surface area contributed by atoms with Gasteiger partial charge in [-0.05, 0) is 23.6 Å². The minimum absolute atomic E-state index is 0.0631. The number of carbonyl (C=O) groups is 2. The molecule has 3 aromatic rings. The van der Waals surface area contributed by atoms with E-state index in [9.17, 15) is 14.0 Å². The lowest BCUT2D eigenvalue weighted by atomic mass is 10.1. The summed E-state index contributed by atoms with van der Waals surface area (Å²) >= 11 is 1.34. The molecular formula is C15H12FN3O3S. The van der Waals surface area contributed by atoms with Gasteiger partial charge in [-0.3, -0.25) is 9.59 Å². The molecule has 0 saturated heterocycles. The Morgan fingerprint density at radius 1 is 1.43 bits per heavy atom. The molecule has 1 unspecified atom stereocenters. The molecule has 0 bridgehead atoms. The van der Waals surface area contributed by atoms with Crippen LogP contribution in [0.2, 0.25) is 0 Å². The molecule has 0 radical (unpaired) electrons. The number of halogens is 1. The molecule has 2 heterocycles. The van der Waals surface area contributed by atoms with Gasteiger partial charge in [-0.15, -0.1) is 11.3 Å². The third kappa shape index (κ3) is 3.21. The van der Waals surface area contributed by atoms with E-state index in [-0.39, 0.29) is 12.0 Å². The number of imidazole rings is 1. The van der Waals surface area contributed by atoms with Crippen LogP contribution in [0.5, 0.6) is 0 Å². The highest BCUT2D eigenvalue weighted by Crippen LogP contribution is 2.24. The van der Waals surface area contributed by atoms with Crippen molar-refractivity contribution >= 4 is 34.2 Å². The maximum absolute atomic E-state index is 13.6. The Hall–Kier alpha value is -2.74. The predicted molar refractivity (Wildman–Crippen MR) is 82.8 cm³/mol. The molecule has 0 aliphatic rings. The Labute approximate surface area is 134 Å². The first-order valence-corrected chi connectivity index (χ1v) is 7.61. The number of hydrogen-bond donors (Lipinski definition) is 3. The lowest BCUT2D eigenvalue weighted by Crippen LogP contribution is -2.30. The normalized spacial score (nSPS) is 12.2. The largest absolute Gasteiger partial charge is 0.481 e. The van der Waals surface area contributed by atoms with Crippen LogP contribution in [0.1, 0.15) is 27.7 Å². The van der Waals surface area contributed by atoms with Crippen LogP contribution >= 0.6 is 11.3 Å².